The fourth-order valence-corrected chi connectivity index (χ4v) is 1.97. The Morgan fingerprint density at radius 1 is 1.37 bits per heavy atom. The summed E-state index contributed by atoms with van der Waals surface area (Å²) in [5.74, 6) is 0.359. The number of imidazole rings is 1. The molecular weight excluding hydrogens is 252 g/mol. The first-order valence-corrected chi connectivity index (χ1v) is 5.43. The van der Waals surface area contributed by atoms with E-state index in [0.29, 0.717) is 11.4 Å². The number of fused-ring (bicyclic) bond motifs is 1. The van der Waals surface area contributed by atoms with E-state index in [1.807, 2.05) is 0 Å². The van der Waals surface area contributed by atoms with Crippen LogP contribution in [0.25, 0.3) is 22.6 Å². The molecule has 98 valence electrons. The van der Waals surface area contributed by atoms with Gasteiger partial charge in [0.05, 0.1) is 11.8 Å². The quantitative estimate of drug-likeness (QED) is 0.533. The monoisotopic (exact) mass is 262 g/mol. The maximum absolute atomic E-state index is 11.8. The lowest BCUT2D eigenvalue weighted by Crippen LogP contribution is -2.23. The second-order valence-electron chi connectivity index (χ2n) is 4.01. The second kappa shape index (κ2) is 3.92. The number of aliphatic hydroxyl groups excluding tert-OH is 1. The first-order chi connectivity index (χ1) is 9.10. The first kappa shape index (κ1) is 11.4. The van der Waals surface area contributed by atoms with Crippen LogP contribution >= 0.6 is 0 Å². The molecule has 3 rings (SSSR count). The SMILES string of the molecule is Cn1cc(-c2nc3[nH]c(=O)[nH]c(=O)c3n2CO)cn1. The fraction of sp³-hybridized carbons (Fsp3) is 0.200. The molecule has 0 saturated heterocycles. The number of aromatic nitrogens is 6. The molecule has 0 aliphatic heterocycles. The predicted octanol–water partition coefficient (Wildman–Crippen LogP) is -1.24. The van der Waals surface area contributed by atoms with Crippen molar-refractivity contribution in [1.82, 2.24) is 29.3 Å². The number of aryl methyl sites for hydroxylation is 1. The number of H-pyrrole nitrogens is 2. The minimum absolute atomic E-state index is 0.112. The lowest BCUT2D eigenvalue weighted by atomic mass is 10.3. The van der Waals surface area contributed by atoms with Crippen LogP contribution in [-0.4, -0.2) is 34.4 Å². The normalized spacial score (nSPS) is 11.3. The number of nitrogens with one attached hydrogen (secondary N) is 2. The summed E-state index contributed by atoms with van der Waals surface area (Å²) in [6.07, 6.45) is 3.25. The molecule has 0 aliphatic rings. The van der Waals surface area contributed by atoms with E-state index in [0.717, 1.165) is 0 Å². The third-order valence-corrected chi connectivity index (χ3v) is 2.75. The van der Waals surface area contributed by atoms with E-state index in [1.54, 1.807) is 24.1 Å². The Balaban J connectivity index is 2.40. The highest BCUT2D eigenvalue weighted by atomic mass is 16.3. The highest BCUT2D eigenvalue weighted by Gasteiger charge is 2.16. The van der Waals surface area contributed by atoms with Crippen LogP contribution in [0.5, 0.6) is 0 Å². The Morgan fingerprint density at radius 2 is 2.16 bits per heavy atom. The molecule has 0 aromatic carbocycles. The summed E-state index contributed by atoms with van der Waals surface area (Å²) in [5.41, 5.74) is -0.371. The van der Waals surface area contributed by atoms with Crippen molar-refractivity contribution in [3.63, 3.8) is 0 Å². The van der Waals surface area contributed by atoms with Crippen LogP contribution in [0.4, 0.5) is 0 Å². The Labute approximate surface area is 105 Å². The van der Waals surface area contributed by atoms with Crippen molar-refractivity contribution in [2.75, 3.05) is 0 Å². The Hall–Kier alpha value is -2.68. The van der Waals surface area contributed by atoms with Gasteiger partial charge >= 0.3 is 5.69 Å². The smallest absolute Gasteiger partial charge is 0.327 e. The van der Waals surface area contributed by atoms with Gasteiger partial charge in [-0.3, -0.25) is 24.0 Å². The lowest BCUT2D eigenvalue weighted by Gasteiger charge is -2.01. The van der Waals surface area contributed by atoms with Crippen LogP contribution in [-0.2, 0) is 13.8 Å². The Bertz CT molecular complexity index is 867. The van der Waals surface area contributed by atoms with Gasteiger partial charge in [0.1, 0.15) is 12.6 Å². The van der Waals surface area contributed by atoms with E-state index in [2.05, 4.69) is 20.1 Å². The molecule has 0 atom stereocenters. The topological polar surface area (TPSA) is 122 Å². The average molecular weight is 262 g/mol. The summed E-state index contributed by atoms with van der Waals surface area (Å²) in [6, 6.07) is 0. The molecule has 0 spiro atoms. The van der Waals surface area contributed by atoms with Crippen molar-refractivity contribution in [3.05, 3.63) is 33.2 Å². The number of nitrogens with zero attached hydrogens (tertiary/aromatic N) is 4. The van der Waals surface area contributed by atoms with E-state index >= 15 is 0 Å². The number of hydrogen-bond donors (Lipinski definition) is 3. The molecule has 0 aliphatic carbocycles. The van der Waals surface area contributed by atoms with Crippen LogP contribution in [0.2, 0.25) is 0 Å². The van der Waals surface area contributed by atoms with Crippen LogP contribution in [0.3, 0.4) is 0 Å². The molecule has 0 unspecified atom stereocenters. The highest BCUT2D eigenvalue weighted by molar-refractivity contribution is 5.75. The number of hydrogen-bond acceptors (Lipinski definition) is 5. The summed E-state index contributed by atoms with van der Waals surface area (Å²) in [7, 11) is 1.74. The van der Waals surface area contributed by atoms with Crippen molar-refractivity contribution < 1.29 is 5.11 Å². The molecule has 0 fully saturated rings. The summed E-state index contributed by atoms with van der Waals surface area (Å²) < 4.78 is 2.88. The zero-order valence-corrected chi connectivity index (χ0v) is 9.91. The van der Waals surface area contributed by atoms with Crippen molar-refractivity contribution in [1.29, 1.82) is 0 Å². The van der Waals surface area contributed by atoms with Gasteiger partial charge in [-0.15, -0.1) is 0 Å². The number of rotatable bonds is 2. The molecule has 3 N–H and O–H groups in total. The molecule has 3 aromatic heterocycles. The lowest BCUT2D eigenvalue weighted by molar-refractivity contribution is 0.216. The Kier molecular flexibility index (Phi) is 2.35. The maximum Gasteiger partial charge on any atom is 0.327 e. The third kappa shape index (κ3) is 1.67. The van der Waals surface area contributed by atoms with Gasteiger partial charge in [0.25, 0.3) is 5.56 Å². The van der Waals surface area contributed by atoms with Gasteiger partial charge in [-0.1, -0.05) is 0 Å². The van der Waals surface area contributed by atoms with Crippen LogP contribution in [0.15, 0.2) is 22.0 Å². The van der Waals surface area contributed by atoms with Gasteiger partial charge in [0.2, 0.25) is 0 Å². The first-order valence-electron chi connectivity index (χ1n) is 5.43. The average Bonchev–Trinajstić information content (AvgIpc) is 2.91. The third-order valence-electron chi connectivity index (χ3n) is 2.75. The molecule has 3 heterocycles. The maximum atomic E-state index is 11.8. The largest absolute Gasteiger partial charge is 0.376 e. The summed E-state index contributed by atoms with van der Waals surface area (Å²) in [5, 5.41) is 13.4. The molecule has 9 nitrogen and oxygen atoms in total. The van der Waals surface area contributed by atoms with Gasteiger partial charge < -0.3 is 5.11 Å². The molecule has 0 amide bonds. The van der Waals surface area contributed by atoms with Gasteiger partial charge in [-0.2, -0.15) is 5.10 Å². The number of aromatic amines is 2. The van der Waals surface area contributed by atoms with E-state index in [4.69, 9.17) is 0 Å². The van der Waals surface area contributed by atoms with Crippen LogP contribution in [0, 0.1) is 0 Å². The molecular formula is C10H10N6O3. The van der Waals surface area contributed by atoms with Crippen molar-refractivity contribution in [3.8, 4) is 11.4 Å². The Morgan fingerprint density at radius 3 is 2.79 bits per heavy atom. The van der Waals surface area contributed by atoms with Crippen LogP contribution < -0.4 is 11.2 Å². The van der Waals surface area contributed by atoms with Gasteiger partial charge in [0.15, 0.2) is 11.2 Å². The molecule has 19 heavy (non-hydrogen) atoms. The molecule has 0 radical (unpaired) electrons. The van der Waals surface area contributed by atoms with Crippen molar-refractivity contribution >= 4 is 11.2 Å². The molecule has 0 bridgehead atoms. The van der Waals surface area contributed by atoms with Crippen molar-refractivity contribution in [2.24, 2.45) is 7.05 Å². The van der Waals surface area contributed by atoms with Gasteiger partial charge in [0, 0.05) is 13.2 Å². The summed E-state index contributed by atoms with van der Waals surface area (Å²) in [6.45, 7) is -0.435. The molecule has 0 saturated carbocycles. The fourth-order valence-electron chi connectivity index (χ4n) is 1.97. The molecule has 9 heteroatoms. The summed E-state index contributed by atoms with van der Waals surface area (Å²) >= 11 is 0. The minimum atomic E-state index is -0.641. The van der Waals surface area contributed by atoms with E-state index in [9.17, 15) is 14.7 Å². The van der Waals surface area contributed by atoms with E-state index in [-0.39, 0.29) is 11.2 Å². The predicted molar refractivity (Wildman–Crippen MR) is 65.4 cm³/mol. The highest BCUT2D eigenvalue weighted by Crippen LogP contribution is 2.20. The van der Waals surface area contributed by atoms with Gasteiger partial charge in [-0.25, -0.2) is 9.78 Å². The zero-order valence-electron chi connectivity index (χ0n) is 9.91. The number of aliphatic hydroxyl groups is 1. The molecule has 3 aromatic rings. The van der Waals surface area contributed by atoms with E-state index in [1.165, 1.54) is 4.57 Å². The van der Waals surface area contributed by atoms with Gasteiger partial charge in [-0.05, 0) is 0 Å². The standard InChI is InChI=1S/C10H10N6O3/c1-15-3-5(2-11-15)8-12-7-6(16(8)4-17)9(18)14-10(19)13-7/h2-3,17H,4H2,1H3,(H2,13,14,18,19). The summed E-state index contributed by atoms with van der Waals surface area (Å²) in [4.78, 5) is 31.7. The van der Waals surface area contributed by atoms with Crippen LogP contribution in [0.1, 0.15) is 0 Å². The minimum Gasteiger partial charge on any atom is -0.376 e. The second-order valence-corrected chi connectivity index (χ2v) is 4.01. The van der Waals surface area contributed by atoms with E-state index < -0.39 is 18.0 Å². The zero-order chi connectivity index (χ0) is 13.6. The van der Waals surface area contributed by atoms with Crippen molar-refractivity contribution in [2.45, 2.75) is 6.73 Å².